The number of piperidine rings is 2. The molecule has 2 heterocycles. The maximum Gasteiger partial charge on any atom is 0.416 e. The van der Waals surface area contributed by atoms with Gasteiger partial charge in [0.25, 0.3) is 0 Å². The monoisotopic (exact) mass is 491 g/mol. The van der Waals surface area contributed by atoms with Gasteiger partial charge in [-0.1, -0.05) is 6.07 Å². The lowest BCUT2D eigenvalue weighted by Crippen LogP contribution is -2.53. The highest BCUT2D eigenvalue weighted by Crippen LogP contribution is 2.33. The zero-order valence-corrected chi connectivity index (χ0v) is 19.8. The molecule has 0 radical (unpaired) electrons. The predicted molar refractivity (Wildman–Crippen MR) is 117 cm³/mol. The van der Waals surface area contributed by atoms with Crippen molar-refractivity contribution in [3.05, 3.63) is 29.8 Å². The molecule has 1 N–H and O–H groups in total. The van der Waals surface area contributed by atoms with Crippen molar-refractivity contribution in [3.8, 4) is 0 Å². The Morgan fingerprint density at radius 2 is 1.85 bits per heavy atom. The highest BCUT2D eigenvalue weighted by atomic mass is 32.2. The largest absolute Gasteiger partial charge is 0.416 e. The zero-order valence-electron chi connectivity index (χ0n) is 19.0. The quantitative estimate of drug-likeness (QED) is 0.662. The van der Waals surface area contributed by atoms with Crippen LogP contribution in [0.1, 0.15) is 45.1 Å². The second-order valence-electron chi connectivity index (χ2n) is 9.10. The zero-order chi connectivity index (χ0) is 24.4. The Hall–Kier alpha value is -1.69. The van der Waals surface area contributed by atoms with Crippen LogP contribution in [0, 0.1) is 0 Å². The number of benzene rings is 1. The Morgan fingerprint density at radius 1 is 1.18 bits per heavy atom. The molecule has 1 aromatic rings. The predicted octanol–water partition coefficient (Wildman–Crippen LogP) is 2.55. The SMILES string of the molecule is CC(C)N(C1CCN(C(=O)CN2CCCC(O)C2)CC1)S(=O)(=O)c1cccc(C(F)(F)F)c1. The van der Waals surface area contributed by atoms with E-state index in [4.69, 9.17) is 0 Å². The van der Waals surface area contributed by atoms with Gasteiger partial charge in [0.2, 0.25) is 15.9 Å². The number of halogens is 3. The fourth-order valence-corrected chi connectivity index (χ4v) is 6.61. The molecule has 2 aliphatic rings. The van der Waals surface area contributed by atoms with Crippen LogP contribution in [0.25, 0.3) is 0 Å². The lowest BCUT2D eigenvalue weighted by atomic mass is 10.0. The lowest BCUT2D eigenvalue weighted by Gasteiger charge is -2.40. The molecular formula is C22H32F3N3O4S. The van der Waals surface area contributed by atoms with Crippen LogP contribution in [0.15, 0.2) is 29.2 Å². The topological polar surface area (TPSA) is 81.2 Å². The van der Waals surface area contributed by atoms with Crippen LogP contribution in [-0.2, 0) is 21.0 Å². The molecule has 1 amide bonds. The molecule has 1 aromatic carbocycles. The summed E-state index contributed by atoms with van der Waals surface area (Å²) in [5.74, 6) is -0.0561. The Kier molecular flexibility index (Phi) is 8.08. The number of likely N-dealkylation sites (tertiary alicyclic amines) is 2. The summed E-state index contributed by atoms with van der Waals surface area (Å²) in [5.41, 5.74) is -1.00. The molecule has 0 saturated carbocycles. The molecule has 33 heavy (non-hydrogen) atoms. The summed E-state index contributed by atoms with van der Waals surface area (Å²) < 4.78 is 67.2. The second-order valence-corrected chi connectivity index (χ2v) is 10.9. The van der Waals surface area contributed by atoms with Crippen LogP contribution < -0.4 is 0 Å². The van der Waals surface area contributed by atoms with Crippen molar-refractivity contribution in [3.63, 3.8) is 0 Å². The molecular weight excluding hydrogens is 459 g/mol. The Labute approximate surface area is 193 Å². The molecule has 1 unspecified atom stereocenters. The summed E-state index contributed by atoms with van der Waals surface area (Å²) in [5, 5.41) is 9.79. The maximum absolute atomic E-state index is 13.3. The van der Waals surface area contributed by atoms with E-state index in [1.54, 1.807) is 18.7 Å². The summed E-state index contributed by atoms with van der Waals surface area (Å²) in [4.78, 5) is 15.9. The van der Waals surface area contributed by atoms with E-state index in [1.165, 1.54) is 10.4 Å². The van der Waals surface area contributed by atoms with Crippen LogP contribution in [-0.4, -0.2) is 84.4 Å². The van der Waals surface area contributed by atoms with Gasteiger partial charge in [-0.3, -0.25) is 9.69 Å². The number of rotatable bonds is 6. The van der Waals surface area contributed by atoms with E-state index in [0.29, 0.717) is 38.5 Å². The number of carbonyl (C=O) groups is 1. The first-order valence-corrected chi connectivity index (χ1v) is 12.7. The van der Waals surface area contributed by atoms with Gasteiger partial charge >= 0.3 is 6.18 Å². The minimum absolute atomic E-state index is 0.0561. The third-order valence-corrected chi connectivity index (χ3v) is 8.39. The van der Waals surface area contributed by atoms with E-state index >= 15 is 0 Å². The van der Waals surface area contributed by atoms with Crippen molar-refractivity contribution in [2.45, 2.75) is 68.8 Å². The number of hydrogen-bond donors (Lipinski definition) is 1. The lowest BCUT2D eigenvalue weighted by molar-refractivity contribution is -0.137. The van der Waals surface area contributed by atoms with Gasteiger partial charge in [0.1, 0.15) is 0 Å². The average molecular weight is 492 g/mol. The summed E-state index contributed by atoms with van der Waals surface area (Å²) in [6.45, 7) is 5.60. The molecule has 2 saturated heterocycles. The minimum Gasteiger partial charge on any atom is -0.392 e. The molecule has 3 rings (SSSR count). The van der Waals surface area contributed by atoms with Crippen molar-refractivity contribution in [1.82, 2.24) is 14.1 Å². The second kappa shape index (κ2) is 10.3. The number of aliphatic hydroxyl groups is 1. The average Bonchev–Trinajstić information content (AvgIpc) is 2.73. The summed E-state index contributed by atoms with van der Waals surface area (Å²) >= 11 is 0. The van der Waals surface area contributed by atoms with Gasteiger partial charge in [-0.2, -0.15) is 17.5 Å². The molecule has 1 atom stereocenters. The summed E-state index contributed by atoms with van der Waals surface area (Å²) in [6, 6.07) is 2.95. The molecule has 7 nitrogen and oxygen atoms in total. The maximum atomic E-state index is 13.3. The van der Waals surface area contributed by atoms with Crippen LogP contribution in [0.3, 0.4) is 0 Å². The van der Waals surface area contributed by atoms with Crippen molar-refractivity contribution in [2.24, 2.45) is 0 Å². The number of β-amino-alcohol motifs (C(OH)–C–C–N with tert-alkyl or cyclic N) is 1. The van der Waals surface area contributed by atoms with Gasteiger partial charge in [-0.05, 0) is 64.3 Å². The molecule has 0 aromatic heterocycles. The molecule has 0 bridgehead atoms. The Bertz CT molecular complexity index is 931. The van der Waals surface area contributed by atoms with Gasteiger partial charge in [-0.25, -0.2) is 8.42 Å². The number of amides is 1. The van der Waals surface area contributed by atoms with Crippen molar-refractivity contribution >= 4 is 15.9 Å². The third-order valence-electron chi connectivity index (χ3n) is 6.26. The van der Waals surface area contributed by atoms with Gasteiger partial charge in [-0.15, -0.1) is 0 Å². The first-order valence-electron chi connectivity index (χ1n) is 11.3. The molecule has 2 aliphatic heterocycles. The molecule has 2 fully saturated rings. The van der Waals surface area contributed by atoms with Crippen molar-refractivity contribution in [1.29, 1.82) is 0 Å². The number of carbonyl (C=O) groups excluding carboxylic acids is 1. The Morgan fingerprint density at radius 3 is 2.42 bits per heavy atom. The van der Waals surface area contributed by atoms with Crippen LogP contribution in [0.4, 0.5) is 13.2 Å². The highest BCUT2D eigenvalue weighted by Gasteiger charge is 2.38. The van der Waals surface area contributed by atoms with E-state index in [9.17, 15) is 31.5 Å². The van der Waals surface area contributed by atoms with Crippen molar-refractivity contribution < 1.29 is 31.5 Å². The molecule has 11 heteroatoms. The van der Waals surface area contributed by atoms with E-state index in [1.807, 2.05) is 4.90 Å². The summed E-state index contributed by atoms with van der Waals surface area (Å²) in [6.07, 6.45) is -2.66. The molecule has 186 valence electrons. The first-order chi connectivity index (χ1) is 15.4. The first kappa shape index (κ1) is 25.9. The normalized spacial score (nSPS) is 21.7. The van der Waals surface area contributed by atoms with Crippen LogP contribution in [0.5, 0.6) is 0 Å². The van der Waals surface area contributed by atoms with Gasteiger partial charge in [0.15, 0.2) is 0 Å². The fraction of sp³-hybridized carbons (Fsp3) is 0.682. The van der Waals surface area contributed by atoms with E-state index in [-0.39, 0.29) is 17.3 Å². The fourth-order valence-electron chi connectivity index (χ4n) is 4.69. The minimum atomic E-state index is -4.63. The van der Waals surface area contributed by atoms with Crippen molar-refractivity contribution in [2.75, 3.05) is 32.7 Å². The van der Waals surface area contributed by atoms with E-state index in [2.05, 4.69) is 0 Å². The smallest absolute Gasteiger partial charge is 0.392 e. The number of alkyl halides is 3. The number of sulfonamides is 1. The molecule has 0 aliphatic carbocycles. The van der Waals surface area contributed by atoms with Crippen LogP contribution in [0.2, 0.25) is 0 Å². The summed E-state index contributed by atoms with van der Waals surface area (Å²) in [7, 11) is -4.16. The number of nitrogens with zero attached hydrogens (tertiary/aromatic N) is 3. The third kappa shape index (κ3) is 6.26. The van der Waals surface area contributed by atoms with Crippen LogP contribution >= 0.6 is 0 Å². The highest BCUT2D eigenvalue weighted by molar-refractivity contribution is 7.89. The van der Waals surface area contributed by atoms with E-state index in [0.717, 1.165) is 31.5 Å². The van der Waals surface area contributed by atoms with Gasteiger partial charge < -0.3 is 10.0 Å². The standard InChI is InChI=1S/C22H32F3N3O4S/c1-16(2)28(33(31,32)20-7-3-5-17(13-20)22(23,24)25)18-8-11-27(12-9-18)21(30)15-26-10-4-6-19(29)14-26/h3,5,7,13,16,18-19,29H,4,6,8-12,14-15H2,1-2H3. The number of aliphatic hydroxyl groups excluding tert-OH is 1. The Balaban J connectivity index is 1.68. The van der Waals surface area contributed by atoms with Gasteiger partial charge in [0, 0.05) is 31.7 Å². The number of hydrogen-bond acceptors (Lipinski definition) is 5. The molecule has 0 spiro atoms. The van der Waals surface area contributed by atoms with E-state index < -0.39 is 40.0 Å². The van der Waals surface area contributed by atoms with Gasteiger partial charge in [0.05, 0.1) is 23.1 Å².